The number of rotatable bonds is 4. The van der Waals surface area contributed by atoms with Crippen molar-refractivity contribution in [3.05, 3.63) is 28.8 Å². The van der Waals surface area contributed by atoms with Crippen molar-refractivity contribution in [3.63, 3.8) is 0 Å². The Hall–Kier alpha value is -1.80. The predicted octanol–water partition coefficient (Wildman–Crippen LogP) is 3.10. The molecule has 1 saturated heterocycles. The summed E-state index contributed by atoms with van der Waals surface area (Å²) in [6, 6.07) is 3.21. The van der Waals surface area contributed by atoms with E-state index in [9.17, 15) is 22.8 Å². The van der Waals surface area contributed by atoms with Gasteiger partial charge in [-0.25, -0.2) is 0 Å². The van der Waals surface area contributed by atoms with Crippen molar-refractivity contribution in [1.29, 1.82) is 0 Å². The van der Waals surface area contributed by atoms with Crippen LogP contribution in [-0.2, 0) is 15.8 Å². The van der Waals surface area contributed by atoms with Crippen molar-refractivity contribution in [2.24, 2.45) is 5.92 Å². The summed E-state index contributed by atoms with van der Waals surface area (Å²) in [5, 5.41) is 2.24. The van der Waals surface area contributed by atoms with Gasteiger partial charge in [0.25, 0.3) is 0 Å². The fourth-order valence-corrected chi connectivity index (χ4v) is 3.19. The number of carbonyl (C=O) groups excluding carboxylic acids is 2. The van der Waals surface area contributed by atoms with Gasteiger partial charge < -0.3 is 10.2 Å². The van der Waals surface area contributed by atoms with Crippen molar-refractivity contribution >= 4 is 29.1 Å². The lowest BCUT2D eigenvalue weighted by Gasteiger charge is -2.32. The van der Waals surface area contributed by atoms with Crippen molar-refractivity contribution in [1.82, 2.24) is 9.80 Å². The summed E-state index contributed by atoms with van der Waals surface area (Å²) in [6.45, 7) is 0.964. The molecule has 1 aromatic carbocycles. The van der Waals surface area contributed by atoms with Crippen LogP contribution in [0.3, 0.4) is 0 Å². The molecule has 0 bridgehead atoms. The number of carbonyl (C=O) groups is 2. The van der Waals surface area contributed by atoms with Crippen molar-refractivity contribution in [3.8, 4) is 0 Å². The number of piperidine rings is 1. The first-order chi connectivity index (χ1) is 12.1. The Morgan fingerprint density at radius 2 is 2.04 bits per heavy atom. The quantitative estimate of drug-likeness (QED) is 0.858. The van der Waals surface area contributed by atoms with Gasteiger partial charge >= 0.3 is 6.18 Å². The highest BCUT2D eigenvalue weighted by atomic mass is 35.5. The number of amides is 2. The topological polar surface area (TPSA) is 52.7 Å². The Kier molecular flexibility index (Phi) is 6.52. The van der Waals surface area contributed by atoms with Crippen LogP contribution in [0.5, 0.6) is 0 Å². The van der Waals surface area contributed by atoms with E-state index in [-0.39, 0.29) is 29.1 Å². The van der Waals surface area contributed by atoms with E-state index in [1.807, 2.05) is 0 Å². The summed E-state index contributed by atoms with van der Waals surface area (Å²) in [5.74, 6) is -0.768. The number of halogens is 4. The molecule has 1 unspecified atom stereocenters. The zero-order valence-corrected chi connectivity index (χ0v) is 15.3. The first-order valence-corrected chi connectivity index (χ1v) is 8.56. The van der Waals surface area contributed by atoms with Crippen LogP contribution in [-0.4, -0.2) is 55.3 Å². The van der Waals surface area contributed by atoms with Crippen LogP contribution in [0, 0.1) is 5.92 Å². The Balaban J connectivity index is 2.02. The Morgan fingerprint density at radius 1 is 1.35 bits per heavy atom. The third kappa shape index (κ3) is 5.35. The number of hydrogen-bond donors (Lipinski definition) is 1. The fraction of sp³-hybridized carbons (Fsp3) is 0.529. The van der Waals surface area contributed by atoms with Crippen molar-refractivity contribution < 1.29 is 22.8 Å². The van der Waals surface area contributed by atoms with Gasteiger partial charge in [0.05, 0.1) is 23.7 Å². The second-order valence-corrected chi connectivity index (χ2v) is 6.98. The smallest absolute Gasteiger partial charge is 0.349 e. The number of nitrogens with zero attached hydrogens (tertiary/aromatic N) is 2. The number of benzene rings is 1. The predicted molar refractivity (Wildman–Crippen MR) is 92.9 cm³/mol. The minimum atomic E-state index is -4.62. The number of likely N-dealkylation sites (tertiary alicyclic amines) is 1. The molecule has 0 radical (unpaired) electrons. The second kappa shape index (κ2) is 8.26. The van der Waals surface area contributed by atoms with Gasteiger partial charge in [0.2, 0.25) is 11.8 Å². The number of hydrogen-bond acceptors (Lipinski definition) is 3. The minimum absolute atomic E-state index is 0.00725. The van der Waals surface area contributed by atoms with Gasteiger partial charge in [-0.15, -0.1) is 0 Å². The zero-order valence-electron chi connectivity index (χ0n) is 14.6. The zero-order chi connectivity index (χ0) is 19.5. The molecule has 1 aromatic rings. The molecule has 9 heteroatoms. The van der Waals surface area contributed by atoms with E-state index in [0.717, 1.165) is 25.0 Å². The molecule has 1 heterocycles. The summed E-state index contributed by atoms with van der Waals surface area (Å²) >= 11 is 5.63. The van der Waals surface area contributed by atoms with Crippen LogP contribution < -0.4 is 5.32 Å². The highest BCUT2D eigenvalue weighted by molar-refractivity contribution is 6.30. The molecule has 0 aromatic heterocycles. The molecule has 2 rings (SSSR count). The van der Waals surface area contributed by atoms with E-state index in [1.54, 1.807) is 19.0 Å². The molecule has 26 heavy (non-hydrogen) atoms. The number of anilines is 1. The maximum atomic E-state index is 13.1. The van der Waals surface area contributed by atoms with Crippen molar-refractivity contribution in [2.45, 2.75) is 19.0 Å². The lowest BCUT2D eigenvalue weighted by atomic mass is 9.97. The Bertz CT molecular complexity index is 680. The molecular formula is C17H21ClF3N3O2. The largest absolute Gasteiger partial charge is 0.418 e. The van der Waals surface area contributed by atoms with Crippen LogP contribution >= 0.6 is 11.6 Å². The highest BCUT2D eigenvalue weighted by Gasteiger charge is 2.34. The summed E-state index contributed by atoms with van der Waals surface area (Å²) < 4.78 is 39.3. The van der Waals surface area contributed by atoms with E-state index < -0.39 is 17.6 Å². The molecule has 5 nitrogen and oxygen atoms in total. The molecule has 1 aliphatic rings. The average molecular weight is 392 g/mol. The van der Waals surface area contributed by atoms with Crippen molar-refractivity contribution in [2.75, 3.05) is 39.0 Å². The maximum absolute atomic E-state index is 13.1. The van der Waals surface area contributed by atoms with Gasteiger partial charge in [-0.3, -0.25) is 14.5 Å². The van der Waals surface area contributed by atoms with Crippen LogP contribution in [0.1, 0.15) is 18.4 Å². The van der Waals surface area contributed by atoms with Gasteiger partial charge in [-0.05, 0) is 37.6 Å². The minimum Gasteiger partial charge on any atom is -0.349 e. The second-order valence-electron chi connectivity index (χ2n) is 6.54. The van der Waals surface area contributed by atoms with E-state index in [2.05, 4.69) is 5.32 Å². The summed E-state index contributed by atoms with van der Waals surface area (Å²) in [6.07, 6.45) is -3.13. The highest BCUT2D eigenvalue weighted by Crippen LogP contribution is 2.36. The molecule has 0 spiro atoms. The maximum Gasteiger partial charge on any atom is 0.418 e. The lowest BCUT2D eigenvalue weighted by Crippen LogP contribution is -2.45. The third-order valence-electron chi connectivity index (χ3n) is 4.22. The van der Waals surface area contributed by atoms with E-state index in [1.165, 1.54) is 11.0 Å². The van der Waals surface area contributed by atoms with Gasteiger partial charge in [0.15, 0.2) is 0 Å². The first kappa shape index (κ1) is 20.5. The number of nitrogens with one attached hydrogen (secondary N) is 1. The third-order valence-corrected chi connectivity index (χ3v) is 4.46. The Morgan fingerprint density at radius 3 is 2.65 bits per heavy atom. The Labute approximate surface area is 155 Å². The standard InChI is InChI=1S/C17H21ClF3N3O2/c1-23(2)16(26)11-4-3-7-24(9-11)10-15(25)22-14-6-5-12(18)8-13(14)17(19,20)21/h5-6,8,11H,3-4,7,9-10H2,1-2H3,(H,22,25). The summed E-state index contributed by atoms with van der Waals surface area (Å²) in [7, 11) is 3.35. The van der Waals surface area contributed by atoms with E-state index >= 15 is 0 Å². The van der Waals surface area contributed by atoms with Gasteiger partial charge in [0, 0.05) is 25.7 Å². The van der Waals surface area contributed by atoms with Crippen LogP contribution in [0.2, 0.25) is 5.02 Å². The lowest BCUT2D eigenvalue weighted by molar-refractivity contribution is -0.137. The molecule has 1 atom stereocenters. The molecule has 2 amide bonds. The average Bonchev–Trinajstić information content (AvgIpc) is 2.55. The normalized spacial score (nSPS) is 18.5. The monoisotopic (exact) mass is 391 g/mol. The van der Waals surface area contributed by atoms with Gasteiger partial charge in [-0.2, -0.15) is 13.2 Å². The van der Waals surface area contributed by atoms with E-state index in [0.29, 0.717) is 13.1 Å². The molecule has 0 aliphatic carbocycles. The van der Waals surface area contributed by atoms with E-state index in [4.69, 9.17) is 11.6 Å². The summed E-state index contributed by atoms with van der Waals surface area (Å²) in [5.41, 5.74) is -1.32. The van der Waals surface area contributed by atoms with Crippen LogP contribution in [0.15, 0.2) is 18.2 Å². The van der Waals surface area contributed by atoms with Gasteiger partial charge in [-0.1, -0.05) is 11.6 Å². The molecule has 1 fully saturated rings. The molecule has 1 aliphatic heterocycles. The first-order valence-electron chi connectivity index (χ1n) is 8.18. The molecule has 144 valence electrons. The van der Waals surface area contributed by atoms with Crippen LogP contribution in [0.25, 0.3) is 0 Å². The van der Waals surface area contributed by atoms with Crippen LogP contribution in [0.4, 0.5) is 18.9 Å². The number of alkyl halides is 3. The molecule has 1 N–H and O–H groups in total. The fourth-order valence-electron chi connectivity index (χ4n) is 3.02. The molecule has 0 saturated carbocycles. The molecular weight excluding hydrogens is 371 g/mol. The summed E-state index contributed by atoms with van der Waals surface area (Å²) in [4.78, 5) is 27.6. The van der Waals surface area contributed by atoms with Gasteiger partial charge in [0.1, 0.15) is 0 Å². The SMILES string of the molecule is CN(C)C(=O)C1CCCN(CC(=O)Nc2ccc(Cl)cc2C(F)(F)F)C1.